The lowest BCUT2D eigenvalue weighted by molar-refractivity contribution is 0.102. The maximum absolute atomic E-state index is 12.4. The fourth-order valence-corrected chi connectivity index (χ4v) is 2.81. The molecule has 0 aliphatic heterocycles. The lowest BCUT2D eigenvalue weighted by Crippen LogP contribution is -2.13. The summed E-state index contributed by atoms with van der Waals surface area (Å²) in [7, 11) is 0. The van der Waals surface area contributed by atoms with Crippen LogP contribution in [-0.4, -0.2) is 22.3 Å². The first-order valence-corrected chi connectivity index (χ1v) is 8.76. The Morgan fingerprint density at radius 3 is 2.65 bits per heavy atom. The van der Waals surface area contributed by atoms with Crippen LogP contribution in [0.2, 0.25) is 5.02 Å². The third-order valence-corrected chi connectivity index (χ3v) is 4.11. The van der Waals surface area contributed by atoms with Crippen LogP contribution >= 0.6 is 11.6 Å². The van der Waals surface area contributed by atoms with Crippen molar-refractivity contribution >= 4 is 23.3 Å². The lowest BCUT2D eigenvalue weighted by atomic mass is 10.2. The van der Waals surface area contributed by atoms with Crippen molar-refractivity contribution in [3.63, 3.8) is 0 Å². The topological polar surface area (TPSA) is 56.1 Å². The summed E-state index contributed by atoms with van der Waals surface area (Å²) in [6.07, 6.45) is 0. The van der Waals surface area contributed by atoms with Gasteiger partial charge in [0, 0.05) is 22.3 Å². The van der Waals surface area contributed by atoms with E-state index in [1.807, 2.05) is 48.9 Å². The van der Waals surface area contributed by atoms with Gasteiger partial charge in [-0.05, 0) is 55.8 Å². The Balaban J connectivity index is 1.69. The van der Waals surface area contributed by atoms with Crippen LogP contribution in [-0.2, 0) is 6.54 Å². The van der Waals surface area contributed by atoms with E-state index in [0.717, 1.165) is 17.0 Å². The van der Waals surface area contributed by atoms with Gasteiger partial charge in [-0.25, -0.2) is 0 Å². The van der Waals surface area contributed by atoms with Crippen molar-refractivity contribution in [2.75, 3.05) is 11.9 Å². The number of ether oxygens (including phenoxy) is 1. The Labute approximate surface area is 157 Å². The van der Waals surface area contributed by atoms with Gasteiger partial charge in [-0.2, -0.15) is 5.10 Å². The maximum atomic E-state index is 12.4. The van der Waals surface area contributed by atoms with Gasteiger partial charge in [0.25, 0.3) is 5.91 Å². The molecule has 134 valence electrons. The van der Waals surface area contributed by atoms with E-state index in [0.29, 0.717) is 29.6 Å². The highest BCUT2D eigenvalue weighted by Crippen LogP contribution is 2.16. The second-order valence-corrected chi connectivity index (χ2v) is 6.31. The largest absolute Gasteiger partial charge is 0.494 e. The molecule has 1 N–H and O–H groups in total. The molecule has 0 radical (unpaired) electrons. The number of aromatic nitrogens is 2. The second kappa shape index (κ2) is 8.06. The number of anilines is 1. The van der Waals surface area contributed by atoms with E-state index in [-0.39, 0.29) is 5.91 Å². The normalized spacial score (nSPS) is 10.6. The van der Waals surface area contributed by atoms with Crippen LogP contribution in [0.5, 0.6) is 5.75 Å². The molecule has 0 atom stereocenters. The van der Waals surface area contributed by atoms with Crippen LogP contribution in [0.3, 0.4) is 0 Å². The minimum atomic E-state index is -0.208. The predicted octanol–water partition coefficient (Wildman–Crippen LogP) is 4.54. The zero-order chi connectivity index (χ0) is 18.5. The van der Waals surface area contributed by atoms with Crippen molar-refractivity contribution in [3.8, 4) is 5.75 Å². The fourth-order valence-electron chi connectivity index (χ4n) is 2.60. The number of halogens is 1. The number of rotatable bonds is 6. The highest BCUT2D eigenvalue weighted by molar-refractivity contribution is 6.30. The van der Waals surface area contributed by atoms with Crippen LogP contribution in [0, 0.1) is 6.92 Å². The zero-order valence-corrected chi connectivity index (χ0v) is 15.5. The number of nitrogens with zero attached hydrogens (tertiary/aromatic N) is 2. The minimum Gasteiger partial charge on any atom is -0.494 e. The first kappa shape index (κ1) is 18.0. The quantitative estimate of drug-likeness (QED) is 0.693. The highest BCUT2D eigenvalue weighted by atomic mass is 35.5. The van der Waals surface area contributed by atoms with E-state index in [1.54, 1.807) is 24.3 Å². The zero-order valence-electron chi connectivity index (χ0n) is 14.7. The van der Waals surface area contributed by atoms with Gasteiger partial charge in [0.2, 0.25) is 0 Å². The first-order chi connectivity index (χ1) is 12.5. The molecule has 0 saturated heterocycles. The molecule has 5 nitrogen and oxygen atoms in total. The van der Waals surface area contributed by atoms with Gasteiger partial charge >= 0.3 is 0 Å². The Kier molecular flexibility index (Phi) is 5.58. The standard InChI is InChI=1S/C20H20ClN3O2/c1-3-26-18-9-7-16(8-10-18)20(25)22-19-11-14(2)24(23-19)13-15-5-4-6-17(21)12-15/h4-12H,3,13H2,1-2H3,(H,22,23,25). The van der Waals surface area contributed by atoms with Crippen molar-refractivity contribution in [1.29, 1.82) is 0 Å². The van der Waals surface area contributed by atoms with Gasteiger partial charge in [-0.3, -0.25) is 9.48 Å². The van der Waals surface area contributed by atoms with Gasteiger partial charge in [-0.1, -0.05) is 23.7 Å². The molecule has 1 aromatic heterocycles. The van der Waals surface area contributed by atoms with Crippen LogP contribution in [0.25, 0.3) is 0 Å². The van der Waals surface area contributed by atoms with Gasteiger partial charge in [0.15, 0.2) is 5.82 Å². The fraction of sp³-hybridized carbons (Fsp3) is 0.200. The Hall–Kier alpha value is -2.79. The number of hydrogen-bond donors (Lipinski definition) is 1. The molecule has 6 heteroatoms. The average Bonchev–Trinajstić information content (AvgIpc) is 2.95. The van der Waals surface area contributed by atoms with Crippen molar-refractivity contribution in [2.45, 2.75) is 20.4 Å². The van der Waals surface area contributed by atoms with Crippen molar-refractivity contribution in [1.82, 2.24) is 9.78 Å². The molecule has 3 aromatic rings. The van der Waals surface area contributed by atoms with Gasteiger partial charge < -0.3 is 10.1 Å². The predicted molar refractivity (Wildman–Crippen MR) is 103 cm³/mol. The number of carbonyl (C=O) groups excluding carboxylic acids is 1. The molecule has 0 fully saturated rings. The summed E-state index contributed by atoms with van der Waals surface area (Å²) in [5.41, 5.74) is 2.55. The van der Waals surface area contributed by atoms with Crippen LogP contribution in [0.15, 0.2) is 54.6 Å². The molecular weight excluding hydrogens is 350 g/mol. The SMILES string of the molecule is CCOc1ccc(C(=O)Nc2cc(C)n(Cc3cccc(Cl)c3)n2)cc1. The minimum absolute atomic E-state index is 0.208. The molecule has 1 heterocycles. The summed E-state index contributed by atoms with van der Waals surface area (Å²) < 4.78 is 7.22. The van der Waals surface area contributed by atoms with Crippen LogP contribution in [0.1, 0.15) is 28.5 Å². The third kappa shape index (κ3) is 4.43. The van der Waals surface area contributed by atoms with E-state index >= 15 is 0 Å². The Morgan fingerprint density at radius 2 is 1.96 bits per heavy atom. The summed E-state index contributed by atoms with van der Waals surface area (Å²) in [4.78, 5) is 12.4. The molecule has 0 unspecified atom stereocenters. The smallest absolute Gasteiger partial charge is 0.256 e. The highest BCUT2D eigenvalue weighted by Gasteiger charge is 2.11. The number of carbonyl (C=O) groups is 1. The number of nitrogens with one attached hydrogen (secondary N) is 1. The average molecular weight is 370 g/mol. The van der Waals surface area contributed by atoms with E-state index in [4.69, 9.17) is 16.3 Å². The molecule has 26 heavy (non-hydrogen) atoms. The number of amides is 1. The number of hydrogen-bond acceptors (Lipinski definition) is 3. The van der Waals surface area contributed by atoms with Gasteiger partial charge in [0.05, 0.1) is 13.2 Å². The van der Waals surface area contributed by atoms with E-state index in [1.165, 1.54) is 0 Å². The molecule has 0 aliphatic rings. The first-order valence-electron chi connectivity index (χ1n) is 8.38. The van der Waals surface area contributed by atoms with Gasteiger partial charge in [-0.15, -0.1) is 0 Å². The van der Waals surface area contributed by atoms with Crippen molar-refractivity contribution < 1.29 is 9.53 Å². The second-order valence-electron chi connectivity index (χ2n) is 5.87. The van der Waals surface area contributed by atoms with Crippen molar-refractivity contribution in [3.05, 3.63) is 76.4 Å². The molecule has 0 saturated carbocycles. The number of benzene rings is 2. The molecule has 0 spiro atoms. The molecule has 2 aromatic carbocycles. The molecule has 0 bridgehead atoms. The third-order valence-electron chi connectivity index (χ3n) is 3.87. The molecule has 0 aliphatic carbocycles. The maximum Gasteiger partial charge on any atom is 0.256 e. The monoisotopic (exact) mass is 369 g/mol. The Bertz CT molecular complexity index is 904. The van der Waals surface area contributed by atoms with Crippen molar-refractivity contribution in [2.24, 2.45) is 0 Å². The summed E-state index contributed by atoms with van der Waals surface area (Å²) in [5, 5.41) is 7.99. The number of aryl methyl sites for hydroxylation is 1. The molecular formula is C20H20ClN3O2. The van der Waals surface area contributed by atoms with E-state index < -0.39 is 0 Å². The summed E-state index contributed by atoms with van der Waals surface area (Å²) in [6.45, 7) is 5.05. The van der Waals surface area contributed by atoms with Gasteiger partial charge in [0.1, 0.15) is 5.75 Å². The molecule has 1 amide bonds. The lowest BCUT2D eigenvalue weighted by Gasteiger charge is -2.06. The summed E-state index contributed by atoms with van der Waals surface area (Å²) in [5.74, 6) is 1.05. The summed E-state index contributed by atoms with van der Waals surface area (Å²) in [6, 6.07) is 16.5. The van der Waals surface area contributed by atoms with Crippen LogP contribution < -0.4 is 10.1 Å². The molecule has 3 rings (SSSR count). The summed E-state index contributed by atoms with van der Waals surface area (Å²) >= 11 is 6.03. The van der Waals surface area contributed by atoms with E-state index in [2.05, 4.69) is 10.4 Å². The van der Waals surface area contributed by atoms with E-state index in [9.17, 15) is 4.79 Å². The van der Waals surface area contributed by atoms with Crippen LogP contribution in [0.4, 0.5) is 5.82 Å². The Morgan fingerprint density at radius 1 is 1.19 bits per heavy atom.